The maximum absolute atomic E-state index is 13.1. The summed E-state index contributed by atoms with van der Waals surface area (Å²) in [5.41, 5.74) is -0.340. The zero-order valence-electron chi connectivity index (χ0n) is 18.5. The molecule has 0 aromatic heterocycles. The summed E-state index contributed by atoms with van der Waals surface area (Å²) in [6.45, 7) is 9.36. The molecule has 2 rings (SSSR count). The van der Waals surface area contributed by atoms with Gasteiger partial charge in [-0.1, -0.05) is 31.9 Å². The Morgan fingerprint density at radius 3 is 2.72 bits per heavy atom. The van der Waals surface area contributed by atoms with E-state index in [1.165, 1.54) is 0 Å². The SMILES string of the molecule is CCCO[C@@]1(C(=O)Nc2ccc(OCCC(C)(C)OC)c(Cl)c2)CCC[C@H](C)C1. The van der Waals surface area contributed by atoms with E-state index in [0.717, 1.165) is 38.5 Å². The van der Waals surface area contributed by atoms with Crippen molar-refractivity contribution >= 4 is 23.2 Å². The van der Waals surface area contributed by atoms with Crippen LogP contribution in [0.1, 0.15) is 66.2 Å². The van der Waals surface area contributed by atoms with Gasteiger partial charge < -0.3 is 19.5 Å². The third-order valence-electron chi connectivity index (χ3n) is 5.66. The van der Waals surface area contributed by atoms with Gasteiger partial charge in [-0.15, -0.1) is 0 Å². The summed E-state index contributed by atoms with van der Waals surface area (Å²) < 4.78 is 17.3. The van der Waals surface area contributed by atoms with Crippen molar-refractivity contribution in [2.75, 3.05) is 25.6 Å². The molecule has 1 fully saturated rings. The molecule has 0 heterocycles. The minimum atomic E-state index is -0.749. The van der Waals surface area contributed by atoms with Crippen molar-refractivity contribution < 1.29 is 19.0 Å². The third-order valence-corrected chi connectivity index (χ3v) is 5.95. The fourth-order valence-electron chi connectivity index (χ4n) is 3.65. The Balaban J connectivity index is 2.02. The molecule has 1 N–H and O–H groups in total. The molecular weight excluding hydrogens is 390 g/mol. The number of anilines is 1. The van der Waals surface area contributed by atoms with Crippen LogP contribution in [0.2, 0.25) is 5.02 Å². The van der Waals surface area contributed by atoms with E-state index in [1.54, 1.807) is 19.2 Å². The molecule has 1 aromatic carbocycles. The topological polar surface area (TPSA) is 56.8 Å². The van der Waals surface area contributed by atoms with Crippen molar-refractivity contribution in [1.29, 1.82) is 0 Å². The molecule has 6 heteroatoms. The van der Waals surface area contributed by atoms with Crippen LogP contribution in [-0.2, 0) is 14.3 Å². The van der Waals surface area contributed by atoms with E-state index in [2.05, 4.69) is 19.2 Å². The predicted molar refractivity (Wildman–Crippen MR) is 118 cm³/mol. The van der Waals surface area contributed by atoms with E-state index in [-0.39, 0.29) is 11.5 Å². The highest BCUT2D eigenvalue weighted by Crippen LogP contribution is 2.37. The Kier molecular flexibility index (Phi) is 8.80. The fraction of sp³-hybridized carbons (Fsp3) is 0.696. The molecule has 0 aliphatic heterocycles. The number of ether oxygens (including phenoxy) is 3. The summed E-state index contributed by atoms with van der Waals surface area (Å²) in [7, 11) is 1.69. The van der Waals surface area contributed by atoms with E-state index >= 15 is 0 Å². The van der Waals surface area contributed by atoms with Crippen LogP contribution in [0.15, 0.2) is 18.2 Å². The Morgan fingerprint density at radius 1 is 1.34 bits per heavy atom. The van der Waals surface area contributed by atoms with E-state index in [1.807, 2.05) is 19.9 Å². The highest BCUT2D eigenvalue weighted by Gasteiger charge is 2.42. The number of carbonyl (C=O) groups excluding carboxylic acids is 1. The maximum Gasteiger partial charge on any atom is 0.256 e. The first-order chi connectivity index (χ1) is 13.7. The number of hydrogen-bond acceptors (Lipinski definition) is 4. The zero-order chi connectivity index (χ0) is 21.5. The van der Waals surface area contributed by atoms with Gasteiger partial charge in [-0.2, -0.15) is 0 Å². The van der Waals surface area contributed by atoms with Gasteiger partial charge in [0.1, 0.15) is 11.4 Å². The molecule has 2 atom stereocenters. The monoisotopic (exact) mass is 425 g/mol. The van der Waals surface area contributed by atoms with Crippen molar-refractivity contribution in [3.8, 4) is 5.75 Å². The number of benzene rings is 1. The average Bonchev–Trinajstić information content (AvgIpc) is 2.68. The van der Waals surface area contributed by atoms with Crippen molar-refractivity contribution in [2.24, 2.45) is 5.92 Å². The molecule has 1 amide bonds. The lowest BCUT2D eigenvalue weighted by Crippen LogP contribution is -2.48. The molecule has 0 spiro atoms. The fourth-order valence-corrected chi connectivity index (χ4v) is 3.89. The van der Waals surface area contributed by atoms with Crippen molar-refractivity contribution in [3.05, 3.63) is 23.2 Å². The highest BCUT2D eigenvalue weighted by atomic mass is 35.5. The lowest BCUT2D eigenvalue weighted by molar-refractivity contribution is -0.148. The molecule has 164 valence electrons. The summed E-state index contributed by atoms with van der Waals surface area (Å²) in [6.07, 6.45) is 5.29. The minimum absolute atomic E-state index is 0.0796. The van der Waals surface area contributed by atoms with Gasteiger partial charge in [0.05, 0.1) is 17.2 Å². The lowest BCUT2D eigenvalue weighted by atomic mass is 9.78. The molecule has 1 aliphatic carbocycles. The Morgan fingerprint density at radius 2 is 2.10 bits per heavy atom. The first-order valence-corrected chi connectivity index (χ1v) is 11.0. The highest BCUT2D eigenvalue weighted by molar-refractivity contribution is 6.32. The number of rotatable bonds is 10. The van der Waals surface area contributed by atoms with Gasteiger partial charge in [0.25, 0.3) is 5.91 Å². The summed E-state index contributed by atoms with van der Waals surface area (Å²) >= 11 is 6.39. The smallest absolute Gasteiger partial charge is 0.256 e. The first kappa shape index (κ1) is 24.0. The summed E-state index contributed by atoms with van der Waals surface area (Å²) in [4.78, 5) is 13.1. The van der Waals surface area contributed by atoms with Gasteiger partial charge >= 0.3 is 0 Å². The number of methoxy groups -OCH3 is 1. The van der Waals surface area contributed by atoms with Crippen LogP contribution in [0, 0.1) is 5.92 Å². The normalized spacial score (nSPS) is 22.3. The average molecular weight is 426 g/mol. The molecule has 0 unspecified atom stereocenters. The number of hydrogen-bond donors (Lipinski definition) is 1. The summed E-state index contributed by atoms with van der Waals surface area (Å²) in [5.74, 6) is 0.992. The molecular formula is C23H36ClNO4. The Labute approximate surface area is 180 Å². The van der Waals surface area contributed by atoms with Gasteiger partial charge in [-0.05, 0) is 63.6 Å². The van der Waals surface area contributed by atoms with Crippen LogP contribution in [-0.4, -0.2) is 37.4 Å². The van der Waals surface area contributed by atoms with Crippen LogP contribution < -0.4 is 10.1 Å². The Hall–Kier alpha value is -1.30. The van der Waals surface area contributed by atoms with Gasteiger partial charge in [0.2, 0.25) is 0 Å². The van der Waals surface area contributed by atoms with E-state index in [0.29, 0.717) is 35.6 Å². The summed E-state index contributed by atoms with van der Waals surface area (Å²) in [5, 5.41) is 3.49. The van der Waals surface area contributed by atoms with E-state index < -0.39 is 5.60 Å². The van der Waals surface area contributed by atoms with Crippen molar-refractivity contribution in [1.82, 2.24) is 0 Å². The minimum Gasteiger partial charge on any atom is -0.492 e. The largest absolute Gasteiger partial charge is 0.492 e. The first-order valence-electron chi connectivity index (χ1n) is 10.6. The second kappa shape index (κ2) is 10.6. The van der Waals surface area contributed by atoms with Gasteiger partial charge in [0.15, 0.2) is 0 Å². The Bertz CT molecular complexity index is 679. The molecule has 0 saturated heterocycles. The number of halogens is 1. The van der Waals surface area contributed by atoms with Crippen LogP contribution in [0.25, 0.3) is 0 Å². The predicted octanol–water partition coefficient (Wildman–Crippen LogP) is 5.85. The van der Waals surface area contributed by atoms with Crippen LogP contribution in [0.3, 0.4) is 0 Å². The van der Waals surface area contributed by atoms with Crippen LogP contribution in [0.4, 0.5) is 5.69 Å². The van der Waals surface area contributed by atoms with E-state index in [4.69, 9.17) is 25.8 Å². The third kappa shape index (κ3) is 6.87. The van der Waals surface area contributed by atoms with Crippen LogP contribution >= 0.6 is 11.6 Å². The molecule has 1 saturated carbocycles. The number of carbonyl (C=O) groups is 1. The standard InChI is InChI=1S/C23H36ClNO4/c1-6-13-29-23(11-7-8-17(2)16-23)21(26)25-18-9-10-20(19(24)15-18)28-14-12-22(3,4)27-5/h9-10,15,17H,6-8,11-14,16H2,1-5H3,(H,25,26)/t17-,23-/m0/s1. The van der Waals surface area contributed by atoms with Crippen molar-refractivity contribution in [3.63, 3.8) is 0 Å². The lowest BCUT2D eigenvalue weighted by Gasteiger charge is -2.38. The van der Waals surface area contributed by atoms with Gasteiger partial charge in [-0.3, -0.25) is 4.79 Å². The van der Waals surface area contributed by atoms with Gasteiger partial charge in [-0.25, -0.2) is 0 Å². The molecule has 5 nitrogen and oxygen atoms in total. The molecule has 0 radical (unpaired) electrons. The molecule has 1 aromatic rings. The zero-order valence-corrected chi connectivity index (χ0v) is 19.2. The maximum atomic E-state index is 13.1. The molecule has 0 bridgehead atoms. The van der Waals surface area contributed by atoms with Gasteiger partial charge in [0, 0.05) is 25.8 Å². The second-order valence-corrected chi connectivity index (χ2v) is 9.11. The molecule has 1 aliphatic rings. The number of nitrogens with one attached hydrogen (secondary N) is 1. The summed E-state index contributed by atoms with van der Waals surface area (Å²) in [6, 6.07) is 5.34. The van der Waals surface area contributed by atoms with E-state index in [9.17, 15) is 4.79 Å². The van der Waals surface area contributed by atoms with Crippen molar-refractivity contribution in [2.45, 2.75) is 77.4 Å². The second-order valence-electron chi connectivity index (χ2n) is 8.71. The quantitative estimate of drug-likeness (QED) is 0.511. The van der Waals surface area contributed by atoms with Crippen LogP contribution in [0.5, 0.6) is 5.75 Å². The number of amides is 1. The molecule has 29 heavy (non-hydrogen) atoms.